The highest BCUT2D eigenvalue weighted by Gasteiger charge is 2.31. The molecular formula is C11H10BrNO3. The number of ether oxygens (including phenoxy) is 1. The summed E-state index contributed by atoms with van der Waals surface area (Å²) in [6.45, 7) is 0.123. The average Bonchev–Trinajstić information content (AvgIpc) is 2.57. The van der Waals surface area contributed by atoms with E-state index in [-0.39, 0.29) is 24.7 Å². The summed E-state index contributed by atoms with van der Waals surface area (Å²) in [7, 11) is 1.54. The first-order valence-corrected chi connectivity index (χ1v) is 5.57. The highest BCUT2D eigenvalue weighted by molar-refractivity contribution is 9.10. The normalized spacial score (nSPS) is 15.8. The summed E-state index contributed by atoms with van der Waals surface area (Å²) in [5.74, 6) is 0.329. The molecule has 1 aromatic carbocycles. The molecular weight excluding hydrogens is 274 g/mol. The quantitative estimate of drug-likeness (QED) is 0.777. The number of halogens is 1. The van der Waals surface area contributed by atoms with Crippen molar-refractivity contribution in [2.75, 3.05) is 18.6 Å². The minimum atomic E-state index is -0.185. The van der Waals surface area contributed by atoms with Crippen molar-refractivity contribution in [3.63, 3.8) is 0 Å². The number of methoxy groups -OCH3 is 1. The summed E-state index contributed by atoms with van der Waals surface area (Å²) in [5, 5.41) is 0. The van der Waals surface area contributed by atoms with Crippen molar-refractivity contribution in [2.45, 2.75) is 6.42 Å². The van der Waals surface area contributed by atoms with Crippen LogP contribution in [0.3, 0.4) is 0 Å². The number of Topliss-reactive ketones (excluding diaryl/α,β-unsaturated/α-hetero) is 1. The van der Waals surface area contributed by atoms with E-state index in [4.69, 9.17) is 4.74 Å². The number of carbonyl (C=O) groups is 2. The van der Waals surface area contributed by atoms with Crippen LogP contribution in [0.15, 0.2) is 22.7 Å². The van der Waals surface area contributed by atoms with E-state index in [0.717, 1.165) is 4.47 Å². The lowest BCUT2D eigenvalue weighted by Crippen LogP contribution is -2.25. The second kappa shape index (κ2) is 4.25. The Morgan fingerprint density at radius 3 is 2.69 bits per heavy atom. The Morgan fingerprint density at radius 2 is 2.12 bits per heavy atom. The van der Waals surface area contributed by atoms with E-state index in [0.29, 0.717) is 11.4 Å². The van der Waals surface area contributed by atoms with Crippen LogP contribution < -0.4 is 9.64 Å². The first-order chi connectivity index (χ1) is 7.63. The first-order valence-electron chi connectivity index (χ1n) is 4.78. The fourth-order valence-corrected chi connectivity index (χ4v) is 2.27. The maximum absolute atomic E-state index is 11.6. The zero-order chi connectivity index (χ0) is 11.7. The van der Waals surface area contributed by atoms with Gasteiger partial charge < -0.3 is 9.64 Å². The lowest BCUT2D eigenvalue weighted by Gasteiger charge is -2.19. The highest BCUT2D eigenvalue weighted by atomic mass is 79.9. The van der Waals surface area contributed by atoms with Gasteiger partial charge in [-0.1, -0.05) is 6.07 Å². The van der Waals surface area contributed by atoms with Gasteiger partial charge in [0.15, 0.2) is 5.78 Å². The number of amides is 1. The molecule has 1 aliphatic rings. The summed E-state index contributed by atoms with van der Waals surface area (Å²) < 4.78 is 5.93. The molecule has 84 valence electrons. The summed E-state index contributed by atoms with van der Waals surface area (Å²) in [4.78, 5) is 24.3. The monoisotopic (exact) mass is 283 g/mol. The van der Waals surface area contributed by atoms with Gasteiger partial charge in [0.1, 0.15) is 11.4 Å². The van der Waals surface area contributed by atoms with E-state index in [1.54, 1.807) is 6.07 Å². The molecule has 4 nitrogen and oxygen atoms in total. The van der Waals surface area contributed by atoms with Crippen LogP contribution in [0.4, 0.5) is 5.69 Å². The number of ketones is 1. The highest BCUT2D eigenvalue weighted by Crippen LogP contribution is 2.37. The van der Waals surface area contributed by atoms with Gasteiger partial charge in [-0.15, -0.1) is 0 Å². The van der Waals surface area contributed by atoms with Crippen molar-refractivity contribution in [1.29, 1.82) is 0 Å². The minimum absolute atomic E-state index is 0.0233. The molecule has 0 aromatic heterocycles. The maximum atomic E-state index is 11.6. The second-order valence-corrected chi connectivity index (χ2v) is 4.34. The van der Waals surface area contributed by atoms with Crippen LogP contribution in [0.5, 0.6) is 5.75 Å². The van der Waals surface area contributed by atoms with Gasteiger partial charge in [0, 0.05) is 4.47 Å². The van der Waals surface area contributed by atoms with Crippen molar-refractivity contribution in [1.82, 2.24) is 0 Å². The van der Waals surface area contributed by atoms with Crippen LogP contribution in [0.2, 0.25) is 0 Å². The number of rotatable bonds is 2. The Labute approximate surface area is 101 Å². The third-order valence-electron chi connectivity index (χ3n) is 2.42. The summed E-state index contributed by atoms with van der Waals surface area (Å²) >= 11 is 3.36. The third-order valence-corrected chi connectivity index (χ3v) is 3.06. The molecule has 0 radical (unpaired) electrons. The van der Waals surface area contributed by atoms with E-state index in [1.807, 2.05) is 12.1 Å². The molecule has 0 atom stereocenters. The van der Waals surface area contributed by atoms with Crippen molar-refractivity contribution in [2.24, 2.45) is 0 Å². The molecule has 1 aliphatic heterocycles. The standard InChI is InChI=1S/C11H10BrNO3/c1-16-9-4-2-3-8(12)11(9)13-6-7(14)5-10(13)15/h2-4H,5-6H2,1H3. The predicted octanol–water partition coefficient (Wildman–Crippen LogP) is 1.76. The Bertz CT molecular complexity index is 459. The van der Waals surface area contributed by atoms with Gasteiger partial charge in [0.2, 0.25) is 5.91 Å². The van der Waals surface area contributed by atoms with Crippen molar-refractivity contribution < 1.29 is 14.3 Å². The summed E-state index contributed by atoms with van der Waals surface area (Å²) in [6, 6.07) is 5.39. The molecule has 5 heteroatoms. The molecule has 1 aromatic rings. The molecule has 0 unspecified atom stereocenters. The number of para-hydroxylation sites is 1. The van der Waals surface area contributed by atoms with Gasteiger partial charge in [0.05, 0.1) is 20.1 Å². The van der Waals surface area contributed by atoms with E-state index < -0.39 is 0 Å². The zero-order valence-electron chi connectivity index (χ0n) is 8.70. The summed E-state index contributed by atoms with van der Waals surface area (Å²) in [6.07, 6.45) is -0.0233. The number of hydrogen-bond acceptors (Lipinski definition) is 3. The minimum Gasteiger partial charge on any atom is -0.495 e. The van der Waals surface area contributed by atoms with Gasteiger partial charge in [-0.2, -0.15) is 0 Å². The van der Waals surface area contributed by atoms with Crippen LogP contribution in [-0.4, -0.2) is 25.3 Å². The number of benzene rings is 1. The lowest BCUT2D eigenvalue weighted by molar-refractivity contribution is -0.121. The van der Waals surface area contributed by atoms with E-state index in [1.165, 1.54) is 12.0 Å². The molecule has 16 heavy (non-hydrogen) atoms. The Kier molecular flexibility index (Phi) is 2.96. The smallest absolute Gasteiger partial charge is 0.235 e. The van der Waals surface area contributed by atoms with Gasteiger partial charge in [-0.3, -0.25) is 9.59 Å². The number of nitrogens with zero attached hydrogens (tertiary/aromatic N) is 1. The second-order valence-electron chi connectivity index (χ2n) is 3.49. The van der Waals surface area contributed by atoms with Crippen molar-refractivity contribution >= 4 is 33.3 Å². The van der Waals surface area contributed by atoms with Gasteiger partial charge >= 0.3 is 0 Å². The Hall–Kier alpha value is -1.36. The largest absolute Gasteiger partial charge is 0.495 e. The molecule has 1 fully saturated rings. The van der Waals surface area contributed by atoms with Crippen LogP contribution in [-0.2, 0) is 9.59 Å². The zero-order valence-corrected chi connectivity index (χ0v) is 10.3. The van der Waals surface area contributed by atoms with Crippen molar-refractivity contribution in [3.8, 4) is 5.75 Å². The lowest BCUT2D eigenvalue weighted by atomic mass is 10.2. The molecule has 0 bridgehead atoms. The number of hydrogen-bond donors (Lipinski definition) is 0. The molecule has 0 aliphatic carbocycles. The fourth-order valence-electron chi connectivity index (χ4n) is 1.71. The molecule has 1 amide bonds. The fraction of sp³-hybridized carbons (Fsp3) is 0.273. The number of anilines is 1. The van der Waals surface area contributed by atoms with Crippen LogP contribution in [0.1, 0.15) is 6.42 Å². The van der Waals surface area contributed by atoms with E-state index >= 15 is 0 Å². The van der Waals surface area contributed by atoms with Crippen LogP contribution in [0, 0.1) is 0 Å². The van der Waals surface area contributed by atoms with Gasteiger partial charge in [0.25, 0.3) is 0 Å². The summed E-state index contributed by atoms with van der Waals surface area (Å²) in [5.41, 5.74) is 0.626. The third kappa shape index (κ3) is 1.82. The van der Waals surface area contributed by atoms with Crippen molar-refractivity contribution in [3.05, 3.63) is 22.7 Å². The average molecular weight is 284 g/mol. The Morgan fingerprint density at radius 1 is 1.38 bits per heavy atom. The molecule has 1 saturated heterocycles. The molecule has 0 spiro atoms. The molecule has 2 rings (SSSR count). The predicted molar refractivity (Wildman–Crippen MR) is 62.7 cm³/mol. The SMILES string of the molecule is COc1cccc(Br)c1N1CC(=O)CC1=O. The number of carbonyl (C=O) groups excluding carboxylic acids is 2. The Balaban J connectivity index is 2.47. The molecule has 0 N–H and O–H groups in total. The maximum Gasteiger partial charge on any atom is 0.235 e. The van der Waals surface area contributed by atoms with E-state index in [9.17, 15) is 9.59 Å². The van der Waals surface area contributed by atoms with Crippen LogP contribution >= 0.6 is 15.9 Å². The first kappa shape index (κ1) is 11.1. The van der Waals surface area contributed by atoms with Crippen LogP contribution in [0.25, 0.3) is 0 Å². The topological polar surface area (TPSA) is 46.6 Å². The van der Waals surface area contributed by atoms with Gasteiger partial charge in [-0.25, -0.2) is 0 Å². The molecule has 1 heterocycles. The van der Waals surface area contributed by atoms with E-state index in [2.05, 4.69) is 15.9 Å². The molecule has 0 saturated carbocycles. The van der Waals surface area contributed by atoms with Gasteiger partial charge in [-0.05, 0) is 28.1 Å².